The molecule has 0 bridgehead atoms. The minimum absolute atomic E-state index is 0.119. The molecule has 11 heteroatoms. The summed E-state index contributed by atoms with van der Waals surface area (Å²) in [6.45, 7) is 6.40. The summed E-state index contributed by atoms with van der Waals surface area (Å²) in [6.07, 6.45) is 3.61. The van der Waals surface area contributed by atoms with Crippen molar-refractivity contribution in [3.05, 3.63) is 90.0 Å². The van der Waals surface area contributed by atoms with E-state index in [1.165, 1.54) is 40.7 Å². The molecule has 0 N–H and O–H groups in total. The fraction of sp³-hybridized carbons (Fsp3) is 0.132. The molecule has 0 unspecified atom stereocenters. The van der Waals surface area contributed by atoms with Gasteiger partial charge in [0.2, 0.25) is 0 Å². The van der Waals surface area contributed by atoms with E-state index in [1.807, 2.05) is 6.08 Å². The number of rotatable bonds is 9. The zero-order valence-electron chi connectivity index (χ0n) is 27.2. The second-order valence-electron chi connectivity index (χ2n) is 10.8. The average Bonchev–Trinajstić information content (AvgIpc) is 3.39. The van der Waals surface area contributed by atoms with Gasteiger partial charge in [0.15, 0.2) is 0 Å². The molecule has 4 aromatic carbocycles. The Labute approximate surface area is 280 Å². The third kappa shape index (κ3) is 8.66. The first-order chi connectivity index (χ1) is 23.3. The van der Waals surface area contributed by atoms with Gasteiger partial charge in [-0.3, -0.25) is 24.0 Å². The van der Waals surface area contributed by atoms with E-state index < -0.39 is 29.8 Å². The second kappa shape index (κ2) is 14.5. The molecule has 5 rings (SSSR count). The average molecular weight is 663 g/mol. The number of hydrogen-bond acceptors (Lipinski definition) is 11. The van der Waals surface area contributed by atoms with Crippen LogP contribution in [0.25, 0.3) is 45.6 Å². The molecule has 0 aliphatic carbocycles. The molecule has 49 heavy (non-hydrogen) atoms. The number of esters is 5. The fourth-order valence-electron chi connectivity index (χ4n) is 5.07. The Hall–Kier alpha value is -6.49. The molecule has 248 valence electrons. The van der Waals surface area contributed by atoms with E-state index in [-0.39, 0.29) is 17.2 Å². The van der Waals surface area contributed by atoms with Gasteiger partial charge in [0.1, 0.15) is 40.1 Å². The highest BCUT2D eigenvalue weighted by Gasteiger charge is 2.23. The summed E-state index contributed by atoms with van der Waals surface area (Å²) in [5, 5.41) is 0.580. The van der Waals surface area contributed by atoms with Crippen LogP contribution < -0.4 is 23.7 Å². The van der Waals surface area contributed by atoms with Gasteiger partial charge >= 0.3 is 29.8 Å². The molecule has 1 aromatic heterocycles. The van der Waals surface area contributed by atoms with E-state index in [1.54, 1.807) is 78.9 Å². The van der Waals surface area contributed by atoms with Crippen LogP contribution in [-0.4, -0.2) is 29.8 Å². The van der Waals surface area contributed by atoms with Gasteiger partial charge in [0.05, 0.1) is 0 Å². The van der Waals surface area contributed by atoms with Gasteiger partial charge in [-0.25, -0.2) is 0 Å². The van der Waals surface area contributed by atoms with E-state index in [0.29, 0.717) is 50.5 Å². The van der Waals surface area contributed by atoms with Crippen LogP contribution >= 0.6 is 0 Å². The van der Waals surface area contributed by atoms with Gasteiger partial charge in [-0.15, -0.1) is 0 Å². The number of carbonyl (C=O) groups is 5. The summed E-state index contributed by atoms with van der Waals surface area (Å²) in [6, 6.07) is 21.3. The van der Waals surface area contributed by atoms with Crippen LogP contribution in [-0.2, 0) is 24.0 Å². The lowest BCUT2D eigenvalue weighted by molar-refractivity contribution is -0.133. The second-order valence-corrected chi connectivity index (χ2v) is 10.8. The third-order valence-corrected chi connectivity index (χ3v) is 6.72. The summed E-state index contributed by atoms with van der Waals surface area (Å²) >= 11 is 0. The number of carbonyl (C=O) groups excluding carboxylic acids is 5. The van der Waals surface area contributed by atoms with E-state index in [0.717, 1.165) is 5.56 Å². The lowest BCUT2D eigenvalue weighted by atomic mass is 9.95. The van der Waals surface area contributed by atoms with Gasteiger partial charge < -0.3 is 28.1 Å². The number of furan rings is 1. The minimum Gasteiger partial charge on any atom is -0.455 e. The van der Waals surface area contributed by atoms with Crippen molar-refractivity contribution in [2.45, 2.75) is 34.6 Å². The molecule has 11 nitrogen and oxygen atoms in total. The van der Waals surface area contributed by atoms with Crippen LogP contribution in [0.5, 0.6) is 28.7 Å². The van der Waals surface area contributed by atoms with Crippen LogP contribution in [0.3, 0.4) is 0 Å². The van der Waals surface area contributed by atoms with Crippen molar-refractivity contribution in [1.82, 2.24) is 0 Å². The van der Waals surface area contributed by atoms with Crippen molar-refractivity contribution < 1.29 is 52.1 Å². The molecule has 0 aliphatic rings. The summed E-state index contributed by atoms with van der Waals surface area (Å²) in [5.41, 5.74) is 3.25. The molecule has 0 amide bonds. The molecule has 0 saturated carbocycles. The maximum absolute atomic E-state index is 12.0. The van der Waals surface area contributed by atoms with E-state index >= 15 is 0 Å². The van der Waals surface area contributed by atoms with Crippen molar-refractivity contribution in [3.63, 3.8) is 0 Å². The highest BCUT2D eigenvalue weighted by atomic mass is 16.6. The van der Waals surface area contributed by atoms with E-state index in [2.05, 4.69) is 0 Å². The molecular formula is C38H30O11. The predicted octanol–water partition coefficient (Wildman–Crippen LogP) is 7.56. The Morgan fingerprint density at radius 2 is 0.939 bits per heavy atom. The Bertz CT molecular complexity index is 2080. The van der Waals surface area contributed by atoms with E-state index in [4.69, 9.17) is 28.1 Å². The molecule has 0 radical (unpaired) electrons. The number of ether oxygens (including phenoxy) is 5. The topological polar surface area (TPSA) is 145 Å². The summed E-state index contributed by atoms with van der Waals surface area (Å²) < 4.78 is 33.1. The molecule has 0 spiro atoms. The van der Waals surface area contributed by atoms with Crippen molar-refractivity contribution >= 4 is 53.0 Å². The molecule has 5 aromatic rings. The Kier molecular flexibility index (Phi) is 10.0. The molecule has 1 heterocycles. The van der Waals surface area contributed by atoms with Gasteiger partial charge in [0.25, 0.3) is 0 Å². The third-order valence-electron chi connectivity index (χ3n) is 6.72. The van der Waals surface area contributed by atoms with E-state index in [9.17, 15) is 24.0 Å². The normalized spacial score (nSPS) is 10.9. The first kappa shape index (κ1) is 33.9. The first-order valence-electron chi connectivity index (χ1n) is 14.9. The van der Waals surface area contributed by atoms with Gasteiger partial charge in [0, 0.05) is 63.3 Å². The van der Waals surface area contributed by atoms with Crippen molar-refractivity contribution in [2.75, 3.05) is 0 Å². The van der Waals surface area contributed by atoms with Crippen molar-refractivity contribution in [2.24, 2.45) is 0 Å². The molecule has 0 atom stereocenters. The molecule has 0 aliphatic heterocycles. The predicted molar refractivity (Wildman–Crippen MR) is 179 cm³/mol. The minimum atomic E-state index is -0.585. The molecule has 0 saturated heterocycles. The molecule has 0 fully saturated rings. The van der Waals surface area contributed by atoms with Gasteiger partial charge in [-0.1, -0.05) is 24.3 Å². The highest BCUT2D eigenvalue weighted by Crippen LogP contribution is 2.46. The lowest BCUT2D eigenvalue weighted by Gasteiger charge is -2.12. The smallest absolute Gasteiger partial charge is 0.308 e. The quantitative estimate of drug-likeness (QED) is 0.0875. The number of fused-ring (bicyclic) bond motifs is 1. The van der Waals surface area contributed by atoms with Crippen molar-refractivity contribution in [3.8, 4) is 51.2 Å². The monoisotopic (exact) mass is 662 g/mol. The molecular weight excluding hydrogens is 632 g/mol. The van der Waals surface area contributed by atoms with Crippen LogP contribution in [0.15, 0.2) is 83.3 Å². The SMILES string of the molecule is CC(=O)Oc1ccc(/C=C/c2cc(OC(C)=O)cc3oc(-c4ccc(OC(C)=O)cc4)c(-c4cc(OC(C)=O)cc(OC(C)=O)c4)c23)cc1. The van der Waals surface area contributed by atoms with Crippen LogP contribution in [0.2, 0.25) is 0 Å². The zero-order chi connectivity index (χ0) is 35.2. The van der Waals surface area contributed by atoms with Crippen LogP contribution in [0, 0.1) is 0 Å². The lowest BCUT2D eigenvalue weighted by Crippen LogP contribution is -2.04. The summed E-state index contributed by atoms with van der Waals surface area (Å²) in [7, 11) is 0. The van der Waals surface area contributed by atoms with Crippen LogP contribution in [0.4, 0.5) is 0 Å². The first-order valence-corrected chi connectivity index (χ1v) is 14.9. The zero-order valence-corrected chi connectivity index (χ0v) is 27.2. The Morgan fingerprint density at radius 3 is 1.43 bits per heavy atom. The van der Waals surface area contributed by atoms with Crippen LogP contribution in [0.1, 0.15) is 45.7 Å². The maximum Gasteiger partial charge on any atom is 0.308 e. The maximum atomic E-state index is 12.0. The fourth-order valence-corrected chi connectivity index (χ4v) is 5.07. The summed E-state index contributed by atoms with van der Waals surface area (Å²) in [4.78, 5) is 58.8. The highest BCUT2D eigenvalue weighted by molar-refractivity contribution is 6.07. The van der Waals surface area contributed by atoms with Crippen molar-refractivity contribution in [1.29, 1.82) is 0 Å². The largest absolute Gasteiger partial charge is 0.455 e. The Balaban J connectivity index is 1.78. The summed E-state index contributed by atoms with van der Waals surface area (Å²) in [5.74, 6) is -1.10. The number of hydrogen-bond donors (Lipinski definition) is 0. The van der Waals surface area contributed by atoms with Gasteiger partial charge in [-0.05, 0) is 71.3 Å². The standard InChI is InChI=1S/C38H30O11/c1-21(39)44-30-12-7-26(8-13-30)6-9-28-16-34(48-25(5)43)20-35-36(28)37(38(49-35)27-10-14-31(15-11-27)45-22(2)40)29-17-32(46-23(3)41)19-33(18-29)47-24(4)42/h6-20H,1-5H3/b9-6+. The van der Waals surface area contributed by atoms with Gasteiger partial charge in [-0.2, -0.15) is 0 Å². The number of benzene rings is 4. The Morgan fingerprint density at radius 1 is 0.490 bits per heavy atom.